The van der Waals surface area contributed by atoms with E-state index in [4.69, 9.17) is 4.74 Å². The molecule has 31 heavy (non-hydrogen) atoms. The first-order valence-corrected chi connectivity index (χ1v) is 10.0. The first-order valence-electron chi connectivity index (χ1n) is 10.0. The lowest BCUT2D eigenvalue weighted by Gasteiger charge is -2.35. The molecule has 0 bridgehead atoms. The van der Waals surface area contributed by atoms with Crippen LogP contribution < -0.4 is 26.4 Å². The Morgan fingerprint density at radius 1 is 1.06 bits per heavy atom. The normalized spacial score (nSPS) is 15.6. The van der Waals surface area contributed by atoms with Crippen LogP contribution in [-0.2, 0) is 21.1 Å². The molecule has 1 aromatic carbocycles. The fourth-order valence-electron chi connectivity index (χ4n) is 4.03. The molecule has 0 N–H and O–H groups in total. The topological polar surface area (TPSA) is 95.5 Å². The summed E-state index contributed by atoms with van der Waals surface area (Å²) in [6.45, 7) is 4.16. The summed E-state index contributed by atoms with van der Waals surface area (Å²) < 4.78 is 9.35. The Bertz CT molecular complexity index is 1410. The van der Waals surface area contributed by atoms with E-state index in [2.05, 4.69) is 0 Å². The van der Waals surface area contributed by atoms with Crippen LogP contribution >= 0.6 is 0 Å². The lowest BCUT2D eigenvalue weighted by molar-refractivity contribution is 0.0955. The number of hydrogen-bond donors (Lipinski definition) is 0. The molecule has 0 aliphatic carbocycles. The van der Waals surface area contributed by atoms with Gasteiger partial charge >= 0.3 is 5.69 Å². The van der Waals surface area contributed by atoms with Gasteiger partial charge in [0.25, 0.3) is 17.0 Å². The Hall–Kier alpha value is -3.62. The number of benzene rings is 1. The van der Waals surface area contributed by atoms with Crippen LogP contribution in [0.25, 0.3) is 11.0 Å². The van der Waals surface area contributed by atoms with Crippen molar-refractivity contribution in [3.63, 3.8) is 0 Å². The van der Waals surface area contributed by atoms with Crippen LogP contribution in [0, 0.1) is 6.92 Å². The van der Waals surface area contributed by atoms with Crippen LogP contribution in [0.1, 0.15) is 29.3 Å². The lowest BCUT2D eigenvalue weighted by Crippen LogP contribution is -2.45. The number of pyridine rings is 1. The molecule has 1 aliphatic heterocycles. The zero-order chi connectivity index (χ0) is 22.6. The quantitative estimate of drug-likeness (QED) is 0.613. The highest BCUT2D eigenvalue weighted by atomic mass is 16.5. The summed E-state index contributed by atoms with van der Waals surface area (Å²) in [6, 6.07) is 6.73. The molecule has 1 atom stereocenters. The Balaban J connectivity index is 2.03. The van der Waals surface area contributed by atoms with Gasteiger partial charge in [-0.3, -0.25) is 28.1 Å². The predicted octanol–water partition coefficient (Wildman–Crippen LogP) is 1.06. The lowest BCUT2D eigenvalue weighted by atomic mass is 10.1. The molecule has 9 heteroatoms. The van der Waals surface area contributed by atoms with Gasteiger partial charge in [0, 0.05) is 27.2 Å². The van der Waals surface area contributed by atoms with E-state index in [0.717, 1.165) is 10.1 Å². The predicted molar refractivity (Wildman–Crippen MR) is 117 cm³/mol. The fourth-order valence-corrected chi connectivity index (χ4v) is 4.03. The minimum Gasteiger partial charge on any atom is -0.486 e. The van der Waals surface area contributed by atoms with E-state index in [9.17, 15) is 19.2 Å². The van der Waals surface area contributed by atoms with Crippen LogP contribution in [0.4, 0.5) is 5.69 Å². The van der Waals surface area contributed by atoms with Gasteiger partial charge in [0.15, 0.2) is 0 Å². The Morgan fingerprint density at radius 2 is 1.77 bits per heavy atom. The number of amides is 1. The third kappa shape index (κ3) is 3.08. The summed E-state index contributed by atoms with van der Waals surface area (Å²) >= 11 is 0. The van der Waals surface area contributed by atoms with Gasteiger partial charge in [-0.15, -0.1) is 0 Å². The zero-order valence-electron chi connectivity index (χ0n) is 18.1. The molecule has 0 saturated carbocycles. The van der Waals surface area contributed by atoms with Gasteiger partial charge in [-0.05, 0) is 31.0 Å². The molecule has 0 radical (unpaired) electrons. The number of fused-ring (bicyclic) bond motifs is 2. The van der Waals surface area contributed by atoms with Crippen LogP contribution in [0.3, 0.4) is 0 Å². The first-order chi connectivity index (χ1) is 14.6. The second-order valence-corrected chi connectivity index (χ2v) is 7.89. The summed E-state index contributed by atoms with van der Waals surface area (Å²) in [6.07, 6.45) is 0.467. The van der Waals surface area contributed by atoms with E-state index >= 15 is 0 Å². The Kier molecular flexibility index (Phi) is 4.83. The molecule has 162 valence electrons. The molecule has 1 aliphatic rings. The molecule has 1 amide bonds. The zero-order valence-corrected chi connectivity index (χ0v) is 18.1. The average Bonchev–Trinajstić information content (AvgIpc) is 2.76. The molecule has 2 aromatic heterocycles. The van der Waals surface area contributed by atoms with Crippen molar-refractivity contribution in [2.24, 2.45) is 21.1 Å². The Labute approximate surface area is 177 Å². The van der Waals surface area contributed by atoms with Crippen molar-refractivity contribution in [2.45, 2.75) is 26.4 Å². The summed E-state index contributed by atoms with van der Waals surface area (Å²) in [5, 5.41) is 0.0328. The van der Waals surface area contributed by atoms with Crippen molar-refractivity contribution >= 4 is 22.6 Å². The van der Waals surface area contributed by atoms with Gasteiger partial charge < -0.3 is 9.64 Å². The molecule has 0 saturated heterocycles. The summed E-state index contributed by atoms with van der Waals surface area (Å²) in [4.78, 5) is 53.4. The van der Waals surface area contributed by atoms with Gasteiger partial charge in [-0.1, -0.05) is 13.0 Å². The highest BCUT2D eigenvalue weighted by molar-refractivity contribution is 6.13. The third-order valence-corrected chi connectivity index (χ3v) is 5.84. The summed E-state index contributed by atoms with van der Waals surface area (Å²) in [7, 11) is 4.29. The van der Waals surface area contributed by atoms with Crippen molar-refractivity contribution in [2.75, 3.05) is 11.4 Å². The van der Waals surface area contributed by atoms with Crippen molar-refractivity contribution in [3.8, 4) is 5.75 Å². The number of carbonyl (C=O) groups excluding carboxylic acids is 1. The number of anilines is 1. The first kappa shape index (κ1) is 20.6. The summed E-state index contributed by atoms with van der Waals surface area (Å²) in [5.74, 6) is 0.0949. The molecule has 3 heterocycles. The van der Waals surface area contributed by atoms with E-state index in [1.165, 1.54) is 36.3 Å². The monoisotopic (exact) mass is 424 g/mol. The number of carbonyl (C=O) groups is 1. The number of hydrogen-bond acceptors (Lipinski definition) is 5. The van der Waals surface area contributed by atoms with Gasteiger partial charge in [-0.25, -0.2) is 4.79 Å². The van der Waals surface area contributed by atoms with Gasteiger partial charge in [0.1, 0.15) is 17.5 Å². The molecular weight excluding hydrogens is 400 g/mol. The van der Waals surface area contributed by atoms with E-state index in [0.29, 0.717) is 17.9 Å². The second kappa shape index (κ2) is 7.26. The molecular formula is C22H24N4O5. The maximum Gasteiger partial charge on any atom is 0.332 e. The third-order valence-electron chi connectivity index (χ3n) is 5.84. The van der Waals surface area contributed by atoms with E-state index in [-0.39, 0.29) is 29.2 Å². The van der Waals surface area contributed by atoms with Crippen molar-refractivity contribution in [1.29, 1.82) is 0 Å². The molecule has 1 unspecified atom stereocenters. The minimum atomic E-state index is -0.623. The number of nitrogens with zero attached hydrogens (tertiary/aromatic N) is 4. The van der Waals surface area contributed by atoms with E-state index in [1.54, 1.807) is 4.90 Å². The molecule has 4 rings (SSSR count). The molecule has 3 aromatic rings. The van der Waals surface area contributed by atoms with Gasteiger partial charge in [0.05, 0.1) is 23.2 Å². The van der Waals surface area contributed by atoms with Crippen molar-refractivity contribution in [3.05, 3.63) is 66.6 Å². The number of aryl methyl sites for hydroxylation is 3. The van der Waals surface area contributed by atoms with Crippen molar-refractivity contribution < 1.29 is 9.53 Å². The molecule has 9 nitrogen and oxygen atoms in total. The van der Waals surface area contributed by atoms with Crippen LogP contribution in [0.5, 0.6) is 5.75 Å². The minimum absolute atomic E-state index is 0.0292. The number of rotatable bonds is 2. The fraction of sp³-hybridized carbons (Fsp3) is 0.364. The average molecular weight is 424 g/mol. The number of aromatic nitrogens is 3. The van der Waals surface area contributed by atoms with E-state index < -0.39 is 22.7 Å². The van der Waals surface area contributed by atoms with E-state index in [1.807, 2.05) is 32.0 Å². The smallest absolute Gasteiger partial charge is 0.332 e. The maximum absolute atomic E-state index is 13.8. The second-order valence-electron chi connectivity index (χ2n) is 7.89. The highest BCUT2D eigenvalue weighted by Gasteiger charge is 2.32. The van der Waals surface area contributed by atoms with Crippen LogP contribution in [0.2, 0.25) is 0 Å². The van der Waals surface area contributed by atoms with Gasteiger partial charge in [0.2, 0.25) is 0 Å². The van der Waals surface area contributed by atoms with Gasteiger partial charge in [-0.2, -0.15) is 0 Å². The van der Waals surface area contributed by atoms with Crippen LogP contribution in [0.15, 0.2) is 38.6 Å². The molecule has 0 fully saturated rings. The maximum atomic E-state index is 13.8. The van der Waals surface area contributed by atoms with Crippen LogP contribution in [-0.4, -0.2) is 32.3 Å². The SMILES string of the molecule is CCC1CN(C(=O)c2cc(=O)n(C)c3c2c(=O)n(C)c(=O)n3C)c2cc(C)ccc2O1. The standard InChI is InChI=1S/C22H24N4O5/c1-6-13-11-26(15-9-12(2)7-8-16(15)31-13)20(28)14-10-17(27)23(3)19-18(14)21(29)25(5)22(30)24(19)4/h7-10,13H,6,11H2,1-5H3. The van der Waals surface area contributed by atoms with Crippen molar-refractivity contribution in [1.82, 2.24) is 13.7 Å². The molecule has 0 spiro atoms. The Morgan fingerprint density at radius 3 is 2.45 bits per heavy atom. The summed E-state index contributed by atoms with van der Waals surface area (Å²) in [5.41, 5.74) is -0.0687. The highest BCUT2D eigenvalue weighted by Crippen LogP contribution is 2.36. The number of ether oxygens (including phenoxy) is 1. The largest absolute Gasteiger partial charge is 0.486 e.